The summed E-state index contributed by atoms with van der Waals surface area (Å²) >= 11 is 0. The van der Waals surface area contributed by atoms with E-state index in [1.54, 1.807) is 12.1 Å². The molecule has 0 bridgehead atoms. The molecule has 0 aliphatic carbocycles. The summed E-state index contributed by atoms with van der Waals surface area (Å²) in [6, 6.07) is 8.14. The number of nitrogens with zero attached hydrogens (tertiary/aromatic N) is 1. The maximum atomic E-state index is 12.0. The highest BCUT2D eigenvalue weighted by atomic mass is 19.4. The zero-order chi connectivity index (χ0) is 14.6. The van der Waals surface area contributed by atoms with Gasteiger partial charge in [-0.1, -0.05) is 0 Å². The minimum Gasteiger partial charge on any atom is -0.439 e. The predicted octanol–water partition coefficient (Wildman–Crippen LogP) is 3.26. The fourth-order valence-corrected chi connectivity index (χ4v) is 1.39. The lowest BCUT2D eigenvalue weighted by molar-refractivity contribution is -0.274. The number of aliphatic hydroxyl groups is 1. The third kappa shape index (κ3) is 4.13. The van der Waals surface area contributed by atoms with Crippen LogP contribution in [0.15, 0.2) is 42.6 Å². The van der Waals surface area contributed by atoms with Gasteiger partial charge in [0.1, 0.15) is 11.5 Å². The van der Waals surface area contributed by atoms with Gasteiger partial charge >= 0.3 is 6.36 Å². The van der Waals surface area contributed by atoms with Crippen LogP contribution in [0.2, 0.25) is 0 Å². The topological polar surface area (TPSA) is 51.6 Å². The maximum absolute atomic E-state index is 12.0. The second-order valence-electron chi connectivity index (χ2n) is 3.78. The van der Waals surface area contributed by atoms with Gasteiger partial charge in [0.25, 0.3) is 0 Å². The van der Waals surface area contributed by atoms with Crippen molar-refractivity contribution in [2.75, 3.05) is 0 Å². The van der Waals surface area contributed by atoms with Crippen LogP contribution in [0.25, 0.3) is 0 Å². The number of alkyl halides is 3. The molecular weight excluding hydrogens is 275 g/mol. The number of halogens is 3. The van der Waals surface area contributed by atoms with Gasteiger partial charge in [-0.2, -0.15) is 0 Å². The Morgan fingerprint density at radius 2 is 1.65 bits per heavy atom. The van der Waals surface area contributed by atoms with Crippen molar-refractivity contribution in [2.45, 2.75) is 13.0 Å². The van der Waals surface area contributed by atoms with Gasteiger partial charge in [0.05, 0.1) is 6.61 Å². The first kappa shape index (κ1) is 14.1. The Labute approximate surface area is 112 Å². The SMILES string of the molecule is OCc1ccc(Oc2ccc(OC(F)(F)F)cc2)nc1. The lowest BCUT2D eigenvalue weighted by Crippen LogP contribution is -2.16. The Kier molecular flexibility index (Phi) is 4.09. The van der Waals surface area contributed by atoms with E-state index in [0.29, 0.717) is 11.3 Å². The van der Waals surface area contributed by atoms with Crippen molar-refractivity contribution in [2.24, 2.45) is 0 Å². The number of pyridine rings is 1. The zero-order valence-corrected chi connectivity index (χ0v) is 10.1. The highest BCUT2D eigenvalue weighted by molar-refractivity contribution is 5.33. The molecule has 4 nitrogen and oxygen atoms in total. The third-order valence-corrected chi connectivity index (χ3v) is 2.26. The summed E-state index contributed by atoms with van der Waals surface area (Å²) < 4.78 is 45.0. The molecule has 1 N–H and O–H groups in total. The van der Waals surface area contributed by atoms with Gasteiger partial charge in [-0.15, -0.1) is 13.2 Å². The number of hydrogen-bond acceptors (Lipinski definition) is 4. The molecule has 1 aromatic heterocycles. The molecule has 7 heteroatoms. The smallest absolute Gasteiger partial charge is 0.439 e. The monoisotopic (exact) mass is 285 g/mol. The van der Waals surface area contributed by atoms with Crippen molar-refractivity contribution in [3.05, 3.63) is 48.2 Å². The molecule has 1 heterocycles. The first-order chi connectivity index (χ1) is 9.46. The number of benzene rings is 1. The van der Waals surface area contributed by atoms with Crippen LogP contribution in [-0.4, -0.2) is 16.5 Å². The highest BCUT2D eigenvalue weighted by Gasteiger charge is 2.30. The summed E-state index contributed by atoms with van der Waals surface area (Å²) in [5, 5.41) is 8.86. The van der Waals surface area contributed by atoms with E-state index >= 15 is 0 Å². The number of aromatic nitrogens is 1. The van der Waals surface area contributed by atoms with Gasteiger partial charge in [0.2, 0.25) is 5.88 Å². The molecule has 0 aliphatic heterocycles. The summed E-state index contributed by atoms with van der Waals surface area (Å²) in [6.45, 7) is -0.128. The van der Waals surface area contributed by atoms with Crippen molar-refractivity contribution >= 4 is 0 Å². The van der Waals surface area contributed by atoms with Crippen LogP contribution in [0.4, 0.5) is 13.2 Å². The van der Waals surface area contributed by atoms with Crippen molar-refractivity contribution in [1.82, 2.24) is 4.98 Å². The third-order valence-electron chi connectivity index (χ3n) is 2.26. The van der Waals surface area contributed by atoms with Crippen LogP contribution >= 0.6 is 0 Å². The van der Waals surface area contributed by atoms with E-state index in [9.17, 15) is 13.2 Å². The van der Waals surface area contributed by atoms with Crippen LogP contribution in [0.1, 0.15) is 5.56 Å². The molecule has 0 unspecified atom stereocenters. The number of aliphatic hydroxyl groups excluding tert-OH is 1. The molecule has 0 spiro atoms. The second kappa shape index (κ2) is 5.79. The zero-order valence-electron chi connectivity index (χ0n) is 10.1. The Balaban J connectivity index is 2.02. The summed E-state index contributed by atoms with van der Waals surface area (Å²) in [5.41, 5.74) is 0.631. The van der Waals surface area contributed by atoms with Gasteiger partial charge in [0.15, 0.2) is 0 Å². The van der Waals surface area contributed by atoms with Gasteiger partial charge < -0.3 is 14.6 Å². The molecular formula is C13H10F3NO3. The predicted molar refractivity (Wildman–Crippen MR) is 63.4 cm³/mol. The first-order valence-electron chi connectivity index (χ1n) is 5.56. The largest absolute Gasteiger partial charge is 0.573 e. The average Bonchev–Trinajstić information content (AvgIpc) is 2.40. The van der Waals surface area contributed by atoms with Gasteiger partial charge in [-0.05, 0) is 35.9 Å². The number of ether oxygens (including phenoxy) is 2. The van der Waals surface area contributed by atoms with Crippen LogP contribution < -0.4 is 9.47 Å². The van der Waals surface area contributed by atoms with E-state index in [4.69, 9.17) is 9.84 Å². The Bertz CT molecular complexity index is 553. The normalized spacial score (nSPS) is 11.2. The molecule has 0 saturated carbocycles. The molecule has 106 valence electrons. The molecule has 0 amide bonds. The molecule has 2 aromatic rings. The van der Waals surface area contributed by atoms with Crippen LogP contribution in [0.3, 0.4) is 0 Å². The van der Waals surface area contributed by atoms with Crippen LogP contribution in [0, 0.1) is 0 Å². The minimum absolute atomic E-state index is 0.128. The lowest BCUT2D eigenvalue weighted by atomic mass is 10.3. The fourth-order valence-electron chi connectivity index (χ4n) is 1.39. The molecule has 0 fully saturated rings. The first-order valence-corrected chi connectivity index (χ1v) is 5.56. The van der Waals surface area contributed by atoms with Crippen molar-refractivity contribution in [1.29, 1.82) is 0 Å². The molecule has 0 radical (unpaired) electrons. The van der Waals surface area contributed by atoms with Gasteiger partial charge in [-0.3, -0.25) is 0 Å². The van der Waals surface area contributed by atoms with E-state index in [0.717, 1.165) is 12.1 Å². The Morgan fingerprint density at radius 3 is 2.15 bits per heavy atom. The Morgan fingerprint density at radius 1 is 1.00 bits per heavy atom. The summed E-state index contributed by atoms with van der Waals surface area (Å²) in [7, 11) is 0. The van der Waals surface area contributed by atoms with E-state index in [-0.39, 0.29) is 18.2 Å². The molecule has 1 aromatic carbocycles. The summed E-state index contributed by atoms with van der Waals surface area (Å²) in [4.78, 5) is 3.93. The van der Waals surface area contributed by atoms with E-state index in [1.165, 1.54) is 18.3 Å². The molecule has 0 aliphatic rings. The Hall–Kier alpha value is -2.28. The average molecular weight is 285 g/mol. The molecule has 20 heavy (non-hydrogen) atoms. The van der Waals surface area contributed by atoms with Crippen LogP contribution in [0.5, 0.6) is 17.4 Å². The summed E-state index contributed by atoms with van der Waals surface area (Å²) in [6.07, 6.45) is -3.28. The summed E-state index contributed by atoms with van der Waals surface area (Å²) in [5.74, 6) is 0.268. The van der Waals surface area contributed by atoms with E-state index < -0.39 is 6.36 Å². The maximum Gasteiger partial charge on any atom is 0.573 e. The minimum atomic E-state index is -4.72. The van der Waals surface area contributed by atoms with Crippen molar-refractivity contribution in [3.8, 4) is 17.4 Å². The molecule has 0 atom stereocenters. The van der Waals surface area contributed by atoms with Gasteiger partial charge in [-0.25, -0.2) is 4.98 Å². The van der Waals surface area contributed by atoms with Crippen LogP contribution in [-0.2, 0) is 6.61 Å². The highest BCUT2D eigenvalue weighted by Crippen LogP contribution is 2.26. The number of hydrogen-bond donors (Lipinski definition) is 1. The quantitative estimate of drug-likeness (QED) is 0.936. The van der Waals surface area contributed by atoms with Crippen molar-refractivity contribution in [3.63, 3.8) is 0 Å². The van der Waals surface area contributed by atoms with E-state index in [1.807, 2.05) is 0 Å². The van der Waals surface area contributed by atoms with E-state index in [2.05, 4.69) is 9.72 Å². The number of rotatable bonds is 4. The molecule has 0 saturated heterocycles. The fraction of sp³-hybridized carbons (Fsp3) is 0.154. The van der Waals surface area contributed by atoms with Gasteiger partial charge in [0, 0.05) is 12.3 Å². The lowest BCUT2D eigenvalue weighted by Gasteiger charge is -2.09. The standard InChI is InChI=1S/C13H10F3NO3/c14-13(15,16)20-11-4-2-10(3-5-11)19-12-6-1-9(8-18)7-17-12/h1-7,18H,8H2. The second-order valence-corrected chi connectivity index (χ2v) is 3.78. The van der Waals surface area contributed by atoms with Crippen molar-refractivity contribution < 1.29 is 27.8 Å². The molecule has 2 rings (SSSR count).